The second-order valence-corrected chi connectivity index (χ2v) is 4.32. The monoisotopic (exact) mass is 264 g/mol. The molecule has 1 aliphatic rings. The third-order valence-electron chi connectivity index (χ3n) is 2.81. The SMILES string of the molecule is CC(=O)NCC(=O)N1CC[C@H](Oc2cnccn2)C1. The highest BCUT2D eigenvalue weighted by atomic mass is 16.5. The van der Waals surface area contributed by atoms with Crippen LogP contribution < -0.4 is 10.1 Å². The predicted octanol–water partition coefficient (Wildman–Crippen LogP) is -0.408. The summed E-state index contributed by atoms with van der Waals surface area (Å²) in [5.74, 6) is 0.156. The van der Waals surface area contributed by atoms with Crippen LogP contribution in [0.2, 0.25) is 0 Å². The van der Waals surface area contributed by atoms with E-state index in [0.29, 0.717) is 19.0 Å². The molecule has 0 unspecified atom stereocenters. The van der Waals surface area contributed by atoms with E-state index in [1.165, 1.54) is 6.92 Å². The standard InChI is InChI=1S/C12H16N4O3/c1-9(17)15-7-12(18)16-5-2-10(8-16)19-11-6-13-3-4-14-11/h3-4,6,10H,2,5,7-8H2,1H3,(H,15,17)/t10-/m0/s1. The van der Waals surface area contributed by atoms with Crippen molar-refractivity contribution in [3.8, 4) is 5.88 Å². The first-order valence-electron chi connectivity index (χ1n) is 6.10. The van der Waals surface area contributed by atoms with Gasteiger partial charge in [-0.05, 0) is 0 Å². The highest BCUT2D eigenvalue weighted by molar-refractivity contribution is 5.83. The Bertz CT molecular complexity index is 452. The van der Waals surface area contributed by atoms with Gasteiger partial charge in [0.15, 0.2) is 0 Å². The van der Waals surface area contributed by atoms with Crippen LogP contribution in [0.4, 0.5) is 0 Å². The maximum atomic E-state index is 11.8. The molecule has 7 nitrogen and oxygen atoms in total. The number of nitrogens with one attached hydrogen (secondary N) is 1. The van der Waals surface area contributed by atoms with E-state index in [0.717, 1.165) is 6.42 Å². The lowest BCUT2D eigenvalue weighted by molar-refractivity contribution is -0.131. The van der Waals surface area contributed by atoms with Crippen LogP contribution in [-0.2, 0) is 9.59 Å². The van der Waals surface area contributed by atoms with Crippen molar-refractivity contribution in [2.75, 3.05) is 19.6 Å². The lowest BCUT2D eigenvalue weighted by atomic mass is 10.3. The van der Waals surface area contributed by atoms with Crippen LogP contribution >= 0.6 is 0 Å². The zero-order chi connectivity index (χ0) is 13.7. The summed E-state index contributed by atoms with van der Waals surface area (Å²) in [6.45, 7) is 2.56. The quantitative estimate of drug-likeness (QED) is 0.799. The highest BCUT2D eigenvalue weighted by Gasteiger charge is 2.27. The Balaban J connectivity index is 1.80. The maximum absolute atomic E-state index is 11.8. The number of rotatable bonds is 4. The molecule has 102 valence electrons. The van der Waals surface area contributed by atoms with Crippen molar-refractivity contribution in [1.29, 1.82) is 0 Å². The number of carbonyl (C=O) groups is 2. The van der Waals surface area contributed by atoms with Crippen LogP contribution in [0, 0.1) is 0 Å². The molecule has 1 N–H and O–H groups in total. The van der Waals surface area contributed by atoms with E-state index in [2.05, 4.69) is 15.3 Å². The van der Waals surface area contributed by atoms with Crippen LogP contribution in [0.15, 0.2) is 18.6 Å². The Labute approximate surface area is 111 Å². The van der Waals surface area contributed by atoms with E-state index < -0.39 is 0 Å². The Morgan fingerprint density at radius 2 is 2.37 bits per heavy atom. The van der Waals surface area contributed by atoms with Gasteiger partial charge < -0.3 is 15.0 Å². The van der Waals surface area contributed by atoms with Gasteiger partial charge in [0.2, 0.25) is 17.7 Å². The third kappa shape index (κ3) is 3.90. The highest BCUT2D eigenvalue weighted by Crippen LogP contribution is 2.15. The van der Waals surface area contributed by atoms with Crippen molar-refractivity contribution >= 4 is 11.8 Å². The van der Waals surface area contributed by atoms with Crippen molar-refractivity contribution in [3.63, 3.8) is 0 Å². The molecule has 7 heteroatoms. The molecule has 1 aromatic rings. The molecule has 1 atom stereocenters. The molecule has 0 radical (unpaired) electrons. The first-order chi connectivity index (χ1) is 9.15. The average molecular weight is 264 g/mol. The van der Waals surface area contributed by atoms with Crippen molar-refractivity contribution < 1.29 is 14.3 Å². The molecule has 1 aliphatic heterocycles. The number of likely N-dealkylation sites (tertiary alicyclic amines) is 1. The first kappa shape index (κ1) is 13.3. The van der Waals surface area contributed by atoms with Crippen molar-refractivity contribution in [2.45, 2.75) is 19.4 Å². The Morgan fingerprint density at radius 3 is 3.05 bits per heavy atom. The third-order valence-corrected chi connectivity index (χ3v) is 2.81. The van der Waals surface area contributed by atoms with Gasteiger partial charge in [-0.15, -0.1) is 0 Å². The van der Waals surface area contributed by atoms with Gasteiger partial charge in [-0.1, -0.05) is 0 Å². The molecule has 0 aromatic carbocycles. The van der Waals surface area contributed by atoms with Gasteiger partial charge in [0, 0.05) is 32.3 Å². The number of hydrogen-bond donors (Lipinski definition) is 1. The van der Waals surface area contributed by atoms with Crippen LogP contribution in [-0.4, -0.2) is 52.4 Å². The predicted molar refractivity (Wildman–Crippen MR) is 66.3 cm³/mol. The zero-order valence-electron chi connectivity index (χ0n) is 10.7. The lowest BCUT2D eigenvalue weighted by Gasteiger charge is -2.16. The largest absolute Gasteiger partial charge is 0.471 e. The first-order valence-corrected chi connectivity index (χ1v) is 6.10. The molecule has 2 heterocycles. The smallest absolute Gasteiger partial charge is 0.242 e. The van der Waals surface area contributed by atoms with Gasteiger partial charge in [0.1, 0.15) is 6.10 Å². The Morgan fingerprint density at radius 1 is 1.53 bits per heavy atom. The van der Waals surface area contributed by atoms with E-state index in [1.54, 1.807) is 23.5 Å². The second kappa shape index (κ2) is 6.12. The molecular weight excluding hydrogens is 248 g/mol. The van der Waals surface area contributed by atoms with E-state index in [-0.39, 0.29) is 24.5 Å². The molecule has 1 aromatic heterocycles. The zero-order valence-corrected chi connectivity index (χ0v) is 10.7. The maximum Gasteiger partial charge on any atom is 0.242 e. The number of nitrogens with zero attached hydrogens (tertiary/aromatic N) is 3. The van der Waals surface area contributed by atoms with Crippen molar-refractivity contribution in [3.05, 3.63) is 18.6 Å². The number of aromatic nitrogens is 2. The normalized spacial score (nSPS) is 18.2. The van der Waals surface area contributed by atoms with Gasteiger partial charge in [-0.2, -0.15) is 0 Å². The van der Waals surface area contributed by atoms with Gasteiger partial charge in [-0.3, -0.25) is 14.6 Å². The fraction of sp³-hybridized carbons (Fsp3) is 0.500. The summed E-state index contributed by atoms with van der Waals surface area (Å²) in [5, 5.41) is 2.49. The average Bonchev–Trinajstić information content (AvgIpc) is 2.85. The van der Waals surface area contributed by atoms with E-state index in [1.807, 2.05) is 0 Å². The van der Waals surface area contributed by atoms with E-state index in [4.69, 9.17) is 4.74 Å². The Kier molecular flexibility index (Phi) is 4.27. The second-order valence-electron chi connectivity index (χ2n) is 4.32. The summed E-state index contributed by atoms with van der Waals surface area (Å²) in [7, 11) is 0. The summed E-state index contributed by atoms with van der Waals surface area (Å²) < 4.78 is 5.63. The number of ether oxygens (including phenoxy) is 1. The van der Waals surface area contributed by atoms with Crippen LogP contribution in [0.5, 0.6) is 5.88 Å². The lowest BCUT2D eigenvalue weighted by Crippen LogP contribution is -2.39. The molecule has 0 spiro atoms. The summed E-state index contributed by atoms with van der Waals surface area (Å²) in [6, 6.07) is 0. The topological polar surface area (TPSA) is 84.4 Å². The van der Waals surface area contributed by atoms with Crippen molar-refractivity contribution in [1.82, 2.24) is 20.2 Å². The minimum Gasteiger partial charge on any atom is -0.471 e. The molecule has 0 bridgehead atoms. The molecule has 1 fully saturated rings. The minimum absolute atomic E-state index is 0.0349. The summed E-state index contributed by atoms with van der Waals surface area (Å²) in [4.78, 5) is 32.1. The van der Waals surface area contributed by atoms with Crippen LogP contribution in [0.25, 0.3) is 0 Å². The molecule has 19 heavy (non-hydrogen) atoms. The van der Waals surface area contributed by atoms with Crippen LogP contribution in [0.1, 0.15) is 13.3 Å². The number of hydrogen-bond acceptors (Lipinski definition) is 5. The number of carbonyl (C=O) groups excluding carboxylic acids is 2. The van der Waals surface area contributed by atoms with Gasteiger partial charge in [-0.25, -0.2) is 4.98 Å². The fourth-order valence-corrected chi connectivity index (χ4v) is 1.88. The summed E-state index contributed by atoms with van der Waals surface area (Å²) >= 11 is 0. The van der Waals surface area contributed by atoms with Gasteiger partial charge >= 0.3 is 0 Å². The minimum atomic E-state index is -0.208. The van der Waals surface area contributed by atoms with Crippen LogP contribution in [0.3, 0.4) is 0 Å². The molecule has 2 rings (SSSR count). The molecule has 2 amide bonds. The molecule has 1 saturated heterocycles. The summed E-state index contributed by atoms with van der Waals surface area (Å²) in [6.07, 6.45) is 5.36. The van der Waals surface area contributed by atoms with Crippen molar-refractivity contribution in [2.24, 2.45) is 0 Å². The van der Waals surface area contributed by atoms with E-state index in [9.17, 15) is 9.59 Å². The van der Waals surface area contributed by atoms with E-state index >= 15 is 0 Å². The molecular formula is C12H16N4O3. The van der Waals surface area contributed by atoms with Gasteiger partial charge in [0.05, 0.1) is 19.3 Å². The molecule has 0 saturated carbocycles. The number of amides is 2. The Hall–Kier alpha value is -2.18. The van der Waals surface area contributed by atoms with Gasteiger partial charge in [0.25, 0.3) is 0 Å². The summed E-state index contributed by atoms with van der Waals surface area (Å²) in [5.41, 5.74) is 0. The fourth-order valence-electron chi connectivity index (χ4n) is 1.88. The molecule has 0 aliphatic carbocycles.